The van der Waals surface area contributed by atoms with Gasteiger partial charge in [-0.15, -0.1) is 0 Å². The Hall–Kier alpha value is -0.180. The zero-order valence-corrected chi connectivity index (χ0v) is 12.5. The van der Waals surface area contributed by atoms with Crippen molar-refractivity contribution in [2.24, 2.45) is 11.8 Å². The Morgan fingerprint density at radius 3 is 2.29 bits per heavy atom. The minimum atomic E-state index is 0.649. The molecule has 0 bridgehead atoms. The van der Waals surface area contributed by atoms with Crippen molar-refractivity contribution in [3.8, 4) is 0 Å². The zero-order valence-electron chi connectivity index (χ0n) is 10.9. The number of halogens is 1. The van der Waals surface area contributed by atoms with Gasteiger partial charge in [-0.05, 0) is 42.3 Å². The van der Waals surface area contributed by atoms with Gasteiger partial charge in [0.2, 0.25) is 0 Å². The first-order valence-electron chi connectivity index (χ1n) is 6.06. The van der Waals surface area contributed by atoms with E-state index in [-0.39, 0.29) is 0 Å². The van der Waals surface area contributed by atoms with Gasteiger partial charge in [0.25, 0.3) is 0 Å². The molecule has 0 aromatic heterocycles. The van der Waals surface area contributed by atoms with Crippen molar-refractivity contribution in [3.63, 3.8) is 0 Å². The Labute approximate surface area is 116 Å². The van der Waals surface area contributed by atoms with Crippen LogP contribution in [0, 0.1) is 11.8 Å². The molecular weight excluding hydrogens is 250 g/mol. The monoisotopic (exact) mass is 271 g/mol. The molecule has 0 aliphatic rings. The maximum absolute atomic E-state index is 5.87. The second kappa shape index (κ2) is 7.30. The van der Waals surface area contributed by atoms with E-state index in [9.17, 15) is 0 Å². The third kappa shape index (κ3) is 5.33. The molecule has 1 aromatic carbocycles. The van der Waals surface area contributed by atoms with Crippen LogP contribution in [0.4, 0.5) is 0 Å². The highest BCUT2D eigenvalue weighted by Crippen LogP contribution is 2.16. The van der Waals surface area contributed by atoms with Crippen LogP contribution in [0.3, 0.4) is 0 Å². The van der Waals surface area contributed by atoms with Crippen LogP contribution in [-0.4, -0.2) is 24.2 Å². The van der Waals surface area contributed by atoms with E-state index in [1.165, 1.54) is 5.56 Å². The van der Waals surface area contributed by atoms with Gasteiger partial charge >= 0.3 is 0 Å². The van der Waals surface area contributed by atoms with Crippen LogP contribution in [0.25, 0.3) is 0 Å². The van der Waals surface area contributed by atoms with Gasteiger partial charge in [0.05, 0.1) is 0 Å². The predicted molar refractivity (Wildman–Crippen MR) is 80.0 cm³/mol. The molecule has 96 valence electrons. The first-order valence-corrected chi connectivity index (χ1v) is 7.07. The van der Waals surface area contributed by atoms with Crippen LogP contribution in [0.1, 0.15) is 19.4 Å². The first-order chi connectivity index (χ1) is 8.02. The fourth-order valence-electron chi connectivity index (χ4n) is 1.85. The highest BCUT2D eigenvalue weighted by atomic mass is 35.5. The smallest absolute Gasteiger partial charge is 0.0406 e. The molecule has 0 saturated carbocycles. The molecule has 1 aromatic rings. The lowest BCUT2D eigenvalue weighted by Crippen LogP contribution is -2.29. The van der Waals surface area contributed by atoms with Crippen molar-refractivity contribution < 1.29 is 0 Å². The number of hydrogen-bond donors (Lipinski definition) is 1. The topological polar surface area (TPSA) is 3.24 Å². The van der Waals surface area contributed by atoms with Gasteiger partial charge in [-0.3, -0.25) is 0 Å². The van der Waals surface area contributed by atoms with Crippen molar-refractivity contribution in [3.05, 3.63) is 34.9 Å². The molecule has 0 spiro atoms. The van der Waals surface area contributed by atoms with E-state index >= 15 is 0 Å². The number of hydrogen-bond acceptors (Lipinski definition) is 2. The van der Waals surface area contributed by atoms with E-state index in [0.29, 0.717) is 11.8 Å². The van der Waals surface area contributed by atoms with Crippen LogP contribution in [0.2, 0.25) is 5.02 Å². The SMILES string of the molecule is CC(C)C(CS)CN(C)Cc1ccc(Cl)cc1. The fourth-order valence-corrected chi connectivity index (χ4v) is 2.51. The molecule has 0 saturated heterocycles. The van der Waals surface area contributed by atoms with Gasteiger partial charge in [0.1, 0.15) is 0 Å². The highest BCUT2D eigenvalue weighted by molar-refractivity contribution is 7.80. The summed E-state index contributed by atoms with van der Waals surface area (Å²) in [4.78, 5) is 2.35. The van der Waals surface area contributed by atoms with Gasteiger partial charge in [-0.1, -0.05) is 37.6 Å². The van der Waals surface area contributed by atoms with E-state index in [4.69, 9.17) is 11.6 Å². The minimum Gasteiger partial charge on any atom is -0.302 e. The quantitative estimate of drug-likeness (QED) is 0.766. The minimum absolute atomic E-state index is 0.649. The fraction of sp³-hybridized carbons (Fsp3) is 0.571. The Balaban J connectivity index is 2.48. The molecule has 0 fully saturated rings. The molecule has 1 unspecified atom stereocenters. The van der Waals surface area contributed by atoms with Crippen molar-refractivity contribution in [2.45, 2.75) is 20.4 Å². The first kappa shape index (κ1) is 14.9. The molecule has 0 aliphatic carbocycles. The molecule has 1 rings (SSSR count). The van der Waals surface area contributed by atoms with E-state index in [1.54, 1.807) is 0 Å². The van der Waals surface area contributed by atoms with E-state index in [0.717, 1.165) is 23.9 Å². The Morgan fingerprint density at radius 2 is 1.82 bits per heavy atom. The van der Waals surface area contributed by atoms with Crippen molar-refractivity contribution in [2.75, 3.05) is 19.3 Å². The third-order valence-corrected chi connectivity index (χ3v) is 3.81. The lowest BCUT2D eigenvalue weighted by Gasteiger charge is -2.25. The average Bonchev–Trinajstić information content (AvgIpc) is 2.28. The van der Waals surface area contributed by atoms with Crippen LogP contribution < -0.4 is 0 Å². The Bertz CT molecular complexity index is 323. The number of benzene rings is 1. The summed E-state index contributed by atoms with van der Waals surface area (Å²) < 4.78 is 0. The van der Waals surface area contributed by atoms with Gasteiger partial charge in [0, 0.05) is 18.1 Å². The van der Waals surface area contributed by atoms with Crippen molar-refractivity contribution in [1.82, 2.24) is 4.90 Å². The van der Waals surface area contributed by atoms with E-state index in [1.807, 2.05) is 12.1 Å². The summed E-state index contributed by atoms with van der Waals surface area (Å²) in [5, 5.41) is 0.798. The molecule has 1 atom stereocenters. The zero-order chi connectivity index (χ0) is 12.8. The van der Waals surface area contributed by atoms with Crippen molar-refractivity contribution in [1.29, 1.82) is 0 Å². The summed E-state index contributed by atoms with van der Waals surface area (Å²) in [6.07, 6.45) is 0. The summed E-state index contributed by atoms with van der Waals surface area (Å²) >= 11 is 10.3. The lowest BCUT2D eigenvalue weighted by atomic mass is 9.97. The molecule has 3 heteroatoms. The second-order valence-electron chi connectivity index (χ2n) is 5.01. The van der Waals surface area contributed by atoms with Gasteiger partial charge < -0.3 is 4.90 Å². The largest absolute Gasteiger partial charge is 0.302 e. The average molecular weight is 272 g/mol. The van der Waals surface area contributed by atoms with Gasteiger partial charge in [0.15, 0.2) is 0 Å². The summed E-state index contributed by atoms with van der Waals surface area (Å²) in [6, 6.07) is 8.07. The third-order valence-electron chi connectivity index (χ3n) is 3.09. The highest BCUT2D eigenvalue weighted by Gasteiger charge is 2.14. The molecule has 0 N–H and O–H groups in total. The van der Waals surface area contributed by atoms with Crippen LogP contribution in [0.5, 0.6) is 0 Å². The van der Waals surface area contributed by atoms with E-state index in [2.05, 4.69) is 50.6 Å². The van der Waals surface area contributed by atoms with Crippen molar-refractivity contribution >= 4 is 24.2 Å². The summed E-state index contributed by atoms with van der Waals surface area (Å²) in [5.41, 5.74) is 1.30. The molecule has 1 nitrogen and oxygen atoms in total. The predicted octanol–water partition coefficient (Wildman–Crippen LogP) is 3.97. The molecule has 17 heavy (non-hydrogen) atoms. The Morgan fingerprint density at radius 1 is 1.24 bits per heavy atom. The van der Waals surface area contributed by atoms with Crippen LogP contribution in [-0.2, 0) is 6.54 Å². The number of nitrogens with zero attached hydrogens (tertiary/aromatic N) is 1. The Kier molecular flexibility index (Phi) is 6.39. The lowest BCUT2D eigenvalue weighted by molar-refractivity contribution is 0.246. The van der Waals surface area contributed by atoms with Gasteiger partial charge in [-0.25, -0.2) is 0 Å². The second-order valence-corrected chi connectivity index (χ2v) is 5.81. The molecule has 0 amide bonds. The van der Waals surface area contributed by atoms with E-state index < -0.39 is 0 Å². The summed E-state index contributed by atoms with van der Waals surface area (Å²) in [6.45, 7) is 6.58. The van der Waals surface area contributed by atoms with Crippen LogP contribution in [0.15, 0.2) is 24.3 Å². The standard InChI is InChI=1S/C14H22ClNS/c1-11(2)13(10-17)9-16(3)8-12-4-6-14(15)7-5-12/h4-7,11,13,17H,8-10H2,1-3H3. The maximum atomic E-state index is 5.87. The number of rotatable bonds is 6. The summed E-state index contributed by atoms with van der Waals surface area (Å²) in [7, 11) is 2.16. The molecule has 0 radical (unpaired) electrons. The normalized spacial score (nSPS) is 13.4. The molecular formula is C14H22ClNS. The molecule has 0 aliphatic heterocycles. The molecule has 0 heterocycles. The number of thiol groups is 1. The maximum Gasteiger partial charge on any atom is 0.0406 e. The van der Waals surface area contributed by atoms with Crippen LogP contribution >= 0.6 is 24.2 Å². The van der Waals surface area contributed by atoms with Gasteiger partial charge in [-0.2, -0.15) is 12.6 Å². The summed E-state index contributed by atoms with van der Waals surface area (Å²) in [5.74, 6) is 2.28.